The second-order valence-corrected chi connectivity index (χ2v) is 11.4. The standard InChI is InChI=1S/C7H8O3S.C5H14OP/c1-6-2-4-7(5-3-6)11(8,9)10;1-7(2,3)5-4-6/h2-5H,1H3,(H,8,9,10);6H,4-5H2,1-3H3/q;+1/p-1. The lowest BCUT2D eigenvalue weighted by atomic mass is 10.2. The predicted octanol–water partition coefficient (Wildman–Crippen LogP) is 1.78. The smallest absolute Gasteiger partial charge is 0.124 e. The van der Waals surface area contributed by atoms with Crippen molar-refractivity contribution in [3.05, 3.63) is 29.8 Å². The van der Waals surface area contributed by atoms with Crippen LogP contribution in [0.25, 0.3) is 0 Å². The summed E-state index contributed by atoms with van der Waals surface area (Å²) in [4.78, 5) is -0.178. The van der Waals surface area contributed by atoms with E-state index < -0.39 is 17.4 Å². The van der Waals surface area contributed by atoms with Crippen LogP contribution in [-0.2, 0) is 10.1 Å². The lowest BCUT2D eigenvalue weighted by molar-refractivity contribution is 0.321. The van der Waals surface area contributed by atoms with Gasteiger partial charge in [-0.2, -0.15) is 0 Å². The highest BCUT2D eigenvalue weighted by molar-refractivity contribution is 7.85. The molecular weight excluding hydrogens is 271 g/mol. The number of aryl methyl sites for hydroxylation is 1. The van der Waals surface area contributed by atoms with Crippen LogP contribution in [0.2, 0.25) is 0 Å². The zero-order valence-electron chi connectivity index (χ0n) is 11.3. The van der Waals surface area contributed by atoms with E-state index in [0.29, 0.717) is 6.61 Å². The van der Waals surface area contributed by atoms with Gasteiger partial charge < -0.3 is 9.66 Å². The van der Waals surface area contributed by atoms with Gasteiger partial charge in [-0.3, -0.25) is 0 Å². The van der Waals surface area contributed by atoms with Crippen molar-refractivity contribution in [2.75, 3.05) is 32.8 Å². The summed E-state index contributed by atoms with van der Waals surface area (Å²) in [6.45, 7) is 8.86. The molecular formula is C12H21O4PS. The van der Waals surface area contributed by atoms with Crippen LogP contribution in [0.5, 0.6) is 0 Å². The van der Waals surface area contributed by atoms with Crippen LogP contribution in [0.15, 0.2) is 29.2 Å². The summed E-state index contributed by atoms with van der Waals surface area (Å²) in [5, 5.41) is 8.43. The Labute approximate surface area is 110 Å². The lowest BCUT2D eigenvalue weighted by Gasteiger charge is -2.07. The van der Waals surface area contributed by atoms with E-state index in [0.717, 1.165) is 11.7 Å². The molecule has 0 radical (unpaired) electrons. The Balaban J connectivity index is 0.000000360. The van der Waals surface area contributed by atoms with Crippen molar-refractivity contribution in [3.8, 4) is 0 Å². The summed E-state index contributed by atoms with van der Waals surface area (Å²) >= 11 is 0. The highest BCUT2D eigenvalue weighted by Gasteiger charge is 2.14. The molecule has 1 aromatic carbocycles. The van der Waals surface area contributed by atoms with E-state index in [-0.39, 0.29) is 4.90 Å². The Morgan fingerprint density at radius 2 is 1.61 bits per heavy atom. The van der Waals surface area contributed by atoms with Crippen LogP contribution >= 0.6 is 7.26 Å². The SMILES string of the molecule is C[P+](C)(C)CCO.Cc1ccc(S(=O)(=O)[O-])cc1. The Hall–Kier alpha value is -0.480. The fourth-order valence-electron chi connectivity index (χ4n) is 1.00. The summed E-state index contributed by atoms with van der Waals surface area (Å²) in [7, 11) is -4.94. The van der Waals surface area contributed by atoms with Crippen LogP contribution in [0.4, 0.5) is 0 Å². The number of hydrogen-bond acceptors (Lipinski definition) is 4. The van der Waals surface area contributed by atoms with Crippen LogP contribution in [0.1, 0.15) is 5.56 Å². The minimum atomic E-state index is -4.27. The van der Waals surface area contributed by atoms with Crippen LogP contribution in [0.3, 0.4) is 0 Å². The van der Waals surface area contributed by atoms with E-state index in [9.17, 15) is 13.0 Å². The first-order valence-corrected chi connectivity index (χ1v) is 10.2. The number of rotatable bonds is 3. The maximum absolute atomic E-state index is 10.4. The van der Waals surface area contributed by atoms with Gasteiger partial charge in [0.15, 0.2) is 0 Å². The topological polar surface area (TPSA) is 77.4 Å². The minimum Gasteiger partial charge on any atom is -0.744 e. The van der Waals surface area contributed by atoms with Crippen molar-refractivity contribution in [3.63, 3.8) is 0 Å². The van der Waals surface area contributed by atoms with Crippen LogP contribution in [-0.4, -0.2) is 50.8 Å². The molecule has 104 valence electrons. The zero-order valence-corrected chi connectivity index (χ0v) is 13.0. The fraction of sp³-hybridized carbons (Fsp3) is 0.500. The molecule has 0 fully saturated rings. The number of hydrogen-bond donors (Lipinski definition) is 1. The van der Waals surface area contributed by atoms with Crippen molar-refractivity contribution < 1.29 is 18.1 Å². The highest BCUT2D eigenvalue weighted by Crippen LogP contribution is 2.45. The molecule has 0 spiro atoms. The normalized spacial score (nSPS) is 11.7. The zero-order chi connectivity index (χ0) is 14.4. The number of benzene rings is 1. The molecule has 0 saturated heterocycles. The second-order valence-electron chi connectivity index (χ2n) is 5.00. The van der Waals surface area contributed by atoms with Gasteiger partial charge in [-0.15, -0.1) is 0 Å². The van der Waals surface area contributed by atoms with Crippen molar-refractivity contribution in [1.29, 1.82) is 0 Å². The second kappa shape index (κ2) is 7.19. The van der Waals surface area contributed by atoms with E-state index >= 15 is 0 Å². The molecule has 0 amide bonds. The maximum atomic E-state index is 10.4. The molecule has 4 nitrogen and oxygen atoms in total. The van der Waals surface area contributed by atoms with Gasteiger partial charge in [-0.1, -0.05) is 17.7 Å². The first kappa shape index (κ1) is 17.5. The van der Waals surface area contributed by atoms with E-state index in [4.69, 9.17) is 5.11 Å². The van der Waals surface area contributed by atoms with Gasteiger partial charge in [0.1, 0.15) is 10.1 Å². The van der Waals surface area contributed by atoms with Crippen molar-refractivity contribution in [2.24, 2.45) is 0 Å². The molecule has 0 heterocycles. The Bertz CT molecular complexity index is 446. The van der Waals surface area contributed by atoms with E-state index in [1.807, 2.05) is 6.92 Å². The third-order valence-electron chi connectivity index (χ3n) is 2.08. The largest absolute Gasteiger partial charge is 0.744 e. The quantitative estimate of drug-likeness (QED) is 0.680. The number of aliphatic hydroxyl groups is 1. The molecule has 1 aromatic rings. The average molecular weight is 292 g/mol. The van der Waals surface area contributed by atoms with Crippen LogP contribution in [0, 0.1) is 6.92 Å². The molecule has 0 atom stereocenters. The Morgan fingerprint density at radius 1 is 1.17 bits per heavy atom. The minimum absolute atomic E-state index is 0.178. The third kappa shape index (κ3) is 8.59. The van der Waals surface area contributed by atoms with Gasteiger partial charge in [0.2, 0.25) is 0 Å². The van der Waals surface area contributed by atoms with E-state index in [1.54, 1.807) is 12.1 Å². The molecule has 6 heteroatoms. The molecule has 0 aliphatic carbocycles. The summed E-state index contributed by atoms with van der Waals surface area (Å²) in [6.07, 6.45) is 1.01. The van der Waals surface area contributed by atoms with Gasteiger partial charge in [0.25, 0.3) is 0 Å². The molecule has 0 bridgehead atoms. The lowest BCUT2D eigenvalue weighted by Crippen LogP contribution is -1.97. The number of aliphatic hydroxyl groups excluding tert-OH is 1. The molecule has 1 N–H and O–H groups in total. The highest BCUT2D eigenvalue weighted by atomic mass is 32.2. The fourth-order valence-corrected chi connectivity index (χ4v) is 2.07. The molecule has 0 aliphatic rings. The Morgan fingerprint density at radius 3 is 1.83 bits per heavy atom. The molecule has 0 aliphatic heterocycles. The van der Waals surface area contributed by atoms with Gasteiger partial charge in [0.05, 0.1) is 17.7 Å². The summed E-state index contributed by atoms with van der Waals surface area (Å²) in [5.74, 6) is 0. The van der Waals surface area contributed by atoms with Crippen LogP contribution < -0.4 is 0 Å². The van der Waals surface area contributed by atoms with Gasteiger partial charge in [-0.25, -0.2) is 8.42 Å². The monoisotopic (exact) mass is 292 g/mol. The van der Waals surface area contributed by atoms with E-state index in [2.05, 4.69) is 20.0 Å². The van der Waals surface area contributed by atoms with Gasteiger partial charge in [-0.05, 0) is 19.1 Å². The van der Waals surface area contributed by atoms with Gasteiger partial charge in [0, 0.05) is 27.3 Å². The maximum Gasteiger partial charge on any atom is 0.124 e. The van der Waals surface area contributed by atoms with Gasteiger partial charge >= 0.3 is 0 Å². The molecule has 0 aromatic heterocycles. The summed E-state index contributed by atoms with van der Waals surface area (Å²) < 4.78 is 31.2. The molecule has 1 rings (SSSR count). The Kier molecular flexibility index (Phi) is 7.00. The first-order valence-electron chi connectivity index (χ1n) is 5.50. The van der Waals surface area contributed by atoms with Crippen molar-refractivity contribution in [1.82, 2.24) is 0 Å². The molecule has 0 unspecified atom stereocenters. The molecule has 18 heavy (non-hydrogen) atoms. The average Bonchev–Trinajstić information content (AvgIpc) is 2.15. The van der Waals surface area contributed by atoms with E-state index in [1.165, 1.54) is 12.1 Å². The molecule has 0 saturated carbocycles. The van der Waals surface area contributed by atoms with Crippen molar-refractivity contribution in [2.45, 2.75) is 11.8 Å². The predicted molar refractivity (Wildman–Crippen MR) is 75.8 cm³/mol. The first-order chi connectivity index (χ1) is 8.06. The third-order valence-corrected chi connectivity index (χ3v) is 4.47. The summed E-state index contributed by atoms with van der Waals surface area (Å²) in [6, 6.07) is 5.78. The summed E-state index contributed by atoms with van der Waals surface area (Å²) in [5.41, 5.74) is 0.928. The van der Waals surface area contributed by atoms with Crippen molar-refractivity contribution >= 4 is 17.4 Å².